The molecule has 1 nitrogen and oxygen atoms in total. The minimum Gasteiger partial charge on any atom is -0.330 e. The molecule has 0 aliphatic heterocycles. The monoisotopic (exact) mass is 153 g/mol. The zero-order chi connectivity index (χ0) is 7.94. The third-order valence-corrected chi connectivity index (χ3v) is 2.44. The predicted octanol–water partition coefficient (Wildman–Crippen LogP) is 2.47. The van der Waals surface area contributed by atoms with Crippen molar-refractivity contribution in [3.05, 3.63) is 12.2 Å². The van der Waals surface area contributed by atoms with Gasteiger partial charge in [-0.25, -0.2) is 0 Å². The Hall–Kier alpha value is -0.300. The normalized spacial score (nSPS) is 20.1. The summed E-state index contributed by atoms with van der Waals surface area (Å²) in [5.74, 6) is 0.990. The fourth-order valence-electron chi connectivity index (χ4n) is 1.75. The van der Waals surface area contributed by atoms with Crippen LogP contribution in [0.2, 0.25) is 0 Å². The molecule has 0 saturated heterocycles. The molecular weight excluding hydrogens is 134 g/mol. The van der Waals surface area contributed by atoms with Crippen molar-refractivity contribution < 1.29 is 0 Å². The Kier molecular flexibility index (Phi) is 4.29. The van der Waals surface area contributed by atoms with E-state index in [1.807, 2.05) is 0 Å². The van der Waals surface area contributed by atoms with Gasteiger partial charge in [0.2, 0.25) is 0 Å². The lowest BCUT2D eigenvalue weighted by molar-refractivity contribution is 0.557. The zero-order valence-electron chi connectivity index (χ0n) is 7.26. The van der Waals surface area contributed by atoms with Gasteiger partial charge in [0, 0.05) is 0 Å². The molecule has 0 aromatic heterocycles. The van der Waals surface area contributed by atoms with Gasteiger partial charge in [0.25, 0.3) is 0 Å². The standard InChI is InChI=1S/C10H19N/c11-9-5-1-2-6-10-7-3-4-8-10/h1-2,10H,3-9,11H2/b2-1+. The van der Waals surface area contributed by atoms with Crippen LogP contribution in [0.4, 0.5) is 0 Å². The molecule has 0 aromatic rings. The minimum atomic E-state index is 0.793. The maximum atomic E-state index is 5.37. The number of hydrogen-bond acceptors (Lipinski definition) is 1. The van der Waals surface area contributed by atoms with Crippen LogP contribution in [0, 0.1) is 5.92 Å². The summed E-state index contributed by atoms with van der Waals surface area (Å²) in [4.78, 5) is 0. The first kappa shape index (κ1) is 8.79. The molecule has 0 atom stereocenters. The summed E-state index contributed by atoms with van der Waals surface area (Å²) in [7, 11) is 0. The van der Waals surface area contributed by atoms with Crippen molar-refractivity contribution in [1.82, 2.24) is 0 Å². The summed E-state index contributed by atoms with van der Waals surface area (Å²) >= 11 is 0. The number of hydrogen-bond donors (Lipinski definition) is 1. The highest BCUT2D eigenvalue weighted by Crippen LogP contribution is 2.27. The highest BCUT2D eigenvalue weighted by Gasteiger charge is 2.12. The Morgan fingerprint density at radius 2 is 1.91 bits per heavy atom. The molecule has 0 amide bonds. The molecule has 0 unspecified atom stereocenters. The SMILES string of the molecule is NCC/C=C/CC1CCCC1. The van der Waals surface area contributed by atoms with Crippen LogP contribution in [0.5, 0.6) is 0 Å². The number of rotatable bonds is 4. The van der Waals surface area contributed by atoms with Crippen LogP contribution in [-0.4, -0.2) is 6.54 Å². The van der Waals surface area contributed by atoms with Gasteiger partial charge in [0.05, 0.1) is 0 Å². The van der Waals surface area contributed by atoms with E-state index >= 15 is 0 Å². The highest BCUT2D eigenvalue weighted by atomic mass is 14.5. The number of allylic oxidation sites excluding steroid dienone is 1. The molecule has 1 aliphatic rings. The van der Waals surface area contributed by atoms with E-state index in [0.29, 0.717) is 0 Å². The Morgan fingerprint density at radius 1 is 1.18 bits per heavy atom. The second-order valence-corrected chi connectivity index (χ2v) is 3.43. The third kappa shape index (κ3) is 3.57. The average Bonchev–Trinajstić information content (AvgIpc) is 2.50. The molecule has 0 heterocycles. The maximum Gasteiger partial charge on any atom is -0.00426 e. The molecule has 0 aromatic carbocycles. The van der Waals surface area contributed by atoms with Crippen LogP contribution >= 0.6 is 0 Å². The van der Waals surface area contributed by atoms with Gasteiger partial charge in [-0.1, -0.05) is 37.8 Å². The van der Waals surface area contributed by atoms with Crippen molar-refractivity contribution >= 4 is 0 Å². The Balaban J connectivity index is 2.01. The van der Waals surface area contributed by atoms with E-state index < -0.39 is 0 Å². The van der Waals surface area contributed by atoms with Gasteiger partial charge in [-0.15, -0.1) is 0 Å². The molecular formula is C10H19N. The van der Waals surface area contributed by atoms with Crippen molar-refractivity contribution in [2.45, 2.75) is 38.5 Å². The predicted molar refractivity (Wildman–Crippen MR) is 49.4 cm³/mol. The van der Waals surface area contributed by atoms with E-state index in [1.54, 1.807) is 0 Å². The van der Waals surface area contributed by atoms with Crippen LogP contribution < -0.4 is 5.73 Å². The van der Waals surface area contributed by atoms with E-state index in [4.69, 9.17) is 5.73 Å². The summed E-state index contributed by atoms with van der Waals surface area (Å²) in [6.07, 6.45) is 12.7. The fraction of sp³-hybridized carbons (Fsp3) is 0.800. The quantitative estimate of drug-likeness (QED) is 0.617. The maximum absolute atomic E-state index is 5.37. The Bertz CT molecular complexity index is 112. The lowest BCUT2D eigenvalue weighted by Crippen LogP contribution is -1.95. The first-order valence-corrected chi connectivity index (χ1v) is 4.78. The van der Waals surface area contributed by atoms with Crippen molar-refractivity contribution in [3.8, 4) is 0 Å². The first-order chi connectivity index (χ1) is 5.43. The van der Waals surface area contributed by atoms with Crippen molar-refractivity contribution in [1.29, 1.82) is 0 Å². The van der Waals surface area contributed by atoms with Gasteiger partial charge in [-0.05, 0) is 25.3 Å². The molecule has 64 valence electrons. The first-order valence-electron chi connectivity index (χ1n) is 4.78. The minimum absolute atomic E-state index is 0.793. The average molecular weight is 153 g/mol. The van der Waals surface area contributed by atoms with E-state index in [-0.39, 0.29) is 0 Å². The van der Waals surface area contributed by atoms with Crippen LogP contribution in [0.3, 0.4) is 0 Å². The van der Waals surface area contributed by atoms with Crippen LogP contribution in [0.1, 0.15) is 38.5 Å². The van der Waals surface area contributed by atoms with E-state index in [9.17, 15) is 0 Å². The van der Waals surface area contributed by atoms with Gasteiger partial charge in [-0.3, -0.25) is 0 Å². The van der Waals surface area contributed by atoms with Crippen LogP contribution in [0.15, 0.2) is 12.2 Å². The van der Waals surface area contributed by atoms with Crippen LogP contribution in [0.25, 0.3) is 0 Å². The second-order valence-electron chi connectivity index (χ2n) is 3.43. The summed E-state index contributed by atoms with van der Waals surface area (Å²) in [6.45, 7) is 0.793. The molecule has 0 radical (unpaired) electrons. The molecule has 1 aliphatic carbocycles. The van der Waals surface area contributed by atoms with Gasteiger partial charge >= 0.3 is 0 Å². The lowest BCUT2D eigenvalue weighted by atomic mass is 10.0. The topological polar surface area (TPSA) is 26.0 Å². The molecule has 2 N–H and O–H groups in total. The zero-order valence-corrected chi connectivity index (χ0v) is 7.26. The van der Waals surface area contributed by atoms with Crippen molar-refractivity contribution in [2.24, 2.45) is 11.7 Å². The van der Waals surface area contributed by atoms with E-state index in [2.05, 4.69) is 12.2 Å². The largest absolute Gasteiger partial charge is 0.330 e. The molecule has 0 bridgehead atoms. The third-order valence-electron chi connectivity index (χ3n) is 2.44. The summed E-state index contributed by atoms with van der Waals surface area (Å²) in [6, 6.07) is 0. The Morgan fingerprint density at radius 3 is 2.55 bits per heavy atom. The second kappa shape index (κ2) is 5.36. The molecule has 11 heavy (non-hydrogen) atoms. The smallest absolute Gasteiger partial charge is 0.00426 e. The van der Waals surface area contributed by atoms with E-state index in [0.717, 1.165) is 18.9 Å². The fourth-order valence-corrected chi connectivity index (χ4v) is 1.75. The number of nitrogens with two attached hydrogens (primary N) is 1. The molecule has 1 heteroatoms. The molecule has 1 rings (SSSR count). The Labute approximate surface area is 69.7 Å². The lowest BCUT2D eigenvalue weighted by Gasteiger charge is -2.02. The van der Waals surface area contributed by atoms with Gasteiger partial charge in [0.1, 0.15) is 0 Å². The highest BCUT2D eigenvalue weighted by molar-refractivity contribution is 4.85. The van der Waals surface area contributed by atoms with Crippen LogP contribution in [-0.2, 0) is 0 Å². The van der Waals surface area contributed by atoms with Crippen molar-refractivity contribution in [2.75, 3.05) is 6.54 Å². The summed E-state index contributed by atoms with van der Waals surface area (Å²) < 4.78 is 0. The van der Waals surface area contributed by atoms with Gasteiger partial charge < -0.3 is 5.73 Å². The molecule has 1 saturated carbocycles. The molecule has 1 fully saturated rings. The summed E-state index contributed by atoms with van der Waals surface area (Å²) in [5.41, 5.74) is 5.37. The van der Waals surface area contributed by atoms with E-state index in [1.165, 1.54) is 32.1 Å². The van der Waals surface area contributed by atoms with Gasteiger partial charge in [-0.2, -0.15) is 0 Å². The molecule has 0 spiro atoms. The summed E-state index contributed by atoms with van der Waals surface area (Å²) in [5, 5.41) is 0. The van der Waals surface area contributed by atoms with Gasteiger partial charge in [0.15, 0.2) is 0 Å². The van der Waals surface area contributed by atoms with Crippen molar-refractivity contribution in [3.63, 3.8) is 0 Å².